The van der Waals surface area contributed by atoms with E-state index in [1.165, 1.54) is 0 Å². The zero-order valence-corrected chi connectivity index (χ0v) is 14.4. The minimum Gasteiger partial charge on any atom is -0.353 e. The van der Waals surface area contributed by atoms with Crippen LogP contribution in [0.3, 0.4) is 0 Å². The van der Waals surface area contributed by atoms with Crippen LogP contribution < -0.4 is 5.32 Å². The Bertz CT molecular complexity index is 441. The van der Waals surface area contributed by atoms with Crippen molar-refractivity contribution in [3.63, 3.8) is 0 Å². The lowest BCUT2D eigenvalue weighted by atomic mass is 9.79. The molecule has 0 saturated heterocycles. The van der Waals surface area contributed by atoms with Gasteiger partial charge in [0, 0.05) is 17.9 Å². The van der Waals surface area contributed by atoms with Crippen LogP contribution in [0.15, 0.2) is 24.4 Å². The summed E-state index contributed by atoms with van der Waals surface area (Å²) in [6.07, 6.45) is 4.17. The monoisotopic (exact) mass is 290 g/mol. The molecule has 1 unspecified atom stereocenters. The predicted octanol–water partition coefficient (Wildman–Crippen LogP) is 3.98. The number of rotatable bonds is 5. The SMILES string of the molecule is CC(C)(C)CCC(NC(=O)Cc1ccccn1)C(C)(C)C. The van der Waals surface area contributed by atoms with E-state index in [0.29, 0.717) is 6.42 Å². The van der Waals surface area contributed by atoms with Crippen molar-refractivity contribution in [3.8, 4) is 0 Å². The van der Waals surface area contributed by atoms with Gasteiger partial charge >= 0.3 is 0 Å². The third kappa shape index (κ3) is 7.26. The first-order valence-corrected chi connectivity index (χ1v) is 7.77. The van der Waals surface area contributed by atoms with E-state index in [1.807, 2.05) is 18.2 Å². The van der Waals surface area contributed by atoms with Crippen LogP contribution >= 0.6 is 0 Å². The maximum Gasteiger partial charge on any atom is 0.226 e. The molecule has 3 nitrogen and oxygen atoms in total. The zero-order chi connectivity index (χ0) is 16.1. The van der Waals surface area contributed by atoms with E-state index in [9.17, 15) is 4.79 Å². The maximum atomic E-state index is 12.2. The lowest BCUT2D eigenvalue weighted by Gasteiger charge is -2.33. The number of hydrogen-bond acceptors (Lipinski definition) is 2. The van der Waals surface area contributed by atoms with Crippen molar-refractivity contribution in [2.75, 3.05) is 0 Å². The van der Waals surface area contributed by atoms with Gasteiger partial charge in [0.1, 0.15) is 0 Å². The molecule has 0 spiro atoms. The van der Waals surface area contributed by atoms with Crippen LogP contribution in [0.25, 0.3) is 0 Å². The van der Waals surface area contributed by atoms with E-state index in [-0.39, 0.29) is 22.8 Å². The van der Waals surface area contributed by atoms with Gasteiger partial charge in [0.2, 0.25) is 5.91 Å². The van der Waals surface area contributed by atoms with E-state index in [0.717, 1.165) is 18.5 Å². The first-order valence-electron chi connectivity index (χ1n) is 7.77. The fraction of sp³-hybridized carbons (Fsp3) is 0.667. The van der Waals surface area contributed by atoms with Gasteiger partial charge < -0.3 is 5.32 Å². The standard InChI is InChI=1S/C18H30N2O/c1-17(2,3)11-10-15(18(4,5)6)20-16(21)13-14-9-7-8-12-19-14/h7-9,12,15H,10-11,13H2,1-6H3,(H,20,21). The van der Waals surface area contributed by atoms with Crippen molar-refractivity contribution in [1.29, 1.82) is 0 Å². The molecule has 1 atom stereocenters. The molecule has 118 valence electrons. The molecule has 3 heteroatoms. The van der Waals surface area contributed by atoms with Crippen molar-refractivity contribution in [2.24, 2.45) is 10.8 Å². The third-order valence-corrected chi connectivity index (χ3v) is 3.63. The fourth-order valence-corrected chi connectivity index (χ4v) is 2.21. The summed E-state index contributed by atoms with van der Waals surface area (Å²) in [5.74, 6) is 0.0579. The quantitative estimate of drug-likeness (QED) is 0.891. The van der Waals surface area contributed by atoms with Gasteiger partial charge in [-0.2, -0.15) is 0 Å². The van der Waals surface area contributed by atoms with Gasteiger partial charge in [0.15, 0.2) is 0 Å². The van der Waals surface area contributed by atoms with Gasteiger partial charge in [0.05, 0.1) is 6.42 Å². The van der Waals surface area contributed by atoms with E-state index in [1.54, 1.807) is 6.20 Å². The number of hydrogen-bond donors (Lipinski definition) is 1. The minimum absolute atomic E-state index is 0.0579. The molecule has 1 amide bonds. The summed E-state index contributed by atoms with van der Waals surface area (Å²) in [7, 11) is 0. The summed E-state index contributed by atoms with van der Waals surface area (Å²) in [4.78, 5) is 16.5. The second-order valence-corrected chi connectivity index (χ2v) is 8.08. The molecule has 0 bridgehead atoms. The van der Waals surface area contributed by atoms with Crippen LogP contribution in [0.2, 0.25) is 0 Å². The number of amides is 1. The number of carbonyl (C=O) groups is 1. The molecule has 21 heavy (non-hydrogen) atoms. The lowest BCUT2D eigenvalue weighted by Crippen LogP contribution is -2.44. The molecule has 0 aliphatic heterocycles. The van der Waals surface area contributed by atoms with Crippen molar-refractivity contribution in [2.45, 2.75) is 66.8 Å². The van der Waals surface area contributed by atoms with Gasteiger partial charge in [-0.15, -0.1) is 0 Å². The Kier molecular flexibility index (Phi) is 5.94. The zero-order valence-electron chi connectivity index (χ0n) is 14.4. The molecule has 0 fully saturated rings. The molecule has 0 radical (unpaired) electrons. The molecular formula is C18H30N2O. The Morgan fingerprint density at radius 1 is 1.19 bits per heavy atom. The Morgan fingerprint density at radius 2 is 1.86 bits per heavy atom. The number of aromatic nitrogens is 1. The molecule has 0 saturated carbocycles. The second-order valence-electron chi connectivity index (χ2n) is 8.08. The molecule has 1 aromatic rings. The molecule has 1 heterocycles. The Morgan fingerprint density at radius 3 is 2.33 bits per heavy atom. The summed E-state index contributed by atoms with van der Waals surface area (Å²) >= 11 is 0. The lowest BCUT2D eigenvalue weighted by molar-refractivity contribution is -0.122. The predicted molar refractivity (Wildman–Crippen MR) is 88.0 cm³/mol. The van der Waals surface area contributed by atoms with Gasteiger partial charge in [-0.1, -0.05) is 47.6 Å². The number of pyridine rings is 1. The molecule has 0 aliphatic carbocycles. The Hall–Kier alpha value is -1.38. The molecule has 1 rings (SSSR count). The van der Waals surface area contributed by atoms with Crippen LogP contribution in [0.1, 0.15) is 60.1 Å². The first-order chi connectivity index (χ1) is 9.58. The highest BCUT2D eigenvalue weighted by atomic mass is 16.1. The highest BCUT2D eigenvalue weighted by Crippen LogP contribution is 2.28. The van der Waals surface area contributed by atoms with Crippen molar-refractivity contribution in [3.05, 3.63) is 30.1 Å². The molecule has 1 N–H and O–H groups in total. The summed E-state index contributed by atoms with van der Waals surface area (Å²) < 4.78 is 0. The molecule has 0 aromatic carbocycles. The Labute approximate surface area is 129 Å². The smallest absolute Gasteiger partial charge is 0.226 e. The first kappa shape index (κ1) is 17.7. The third-order valence-electron chi connectivity index (χ3n) is 3.63. The summed E-state index contributed by atoms with van der Waals surface area (Å²) in [6, 6.07) is 5.85. The normalized spacial score (nSPS) is 13.8. The van der Waals surface area contributed by atoms with E-state index in [2.05, 4.69) is 51.8 Å². The average molecular weight is 290 g/mol. The largest absolute Gasteiger partial charge is 0.353 e. The van der Waals surface area contributed by atoms with Crippen LogP contribution in [0, 0.1) is 10.8 Å². The average Bonchev–Trinajstić information content (AvgIpc) is 2.33. The fourth-order valence-electron chi connectivity index (χ4n) is 2.21. The minimum atomic E-state index is 0.0579. The summed E-state index contributed by atoms with van der Waals surface area (Å²) in [6.45, 7) is 13.3. The van der Waals surface area contributed by atoms with Crippen molar-refractivity contribution < 1.29 is 4.79 Å². The van der Waals surface area contributed by atoms with Gasteiger partial charge in [0.25, 0.3) is 0 Å². The topological polar surface area (TPSA) is 42.0 Å². The molecule has 1 aromatic heterocycles. The highest BCUT2D eigenvalue weighted by molar-refractivity contribution is 5.78. The van der Waals surface area contributed by atoms with Crippen molar-refractivity contribution >= 4 is 5.91 Å². The highest BCUT2D eigenvalue weighted by Gasteiger charge is 2.27. The van der Waals surface area contributed by atoms with Gasteiger partial charge in [-0.25, -0.2) is 0 Å². The van der Waals surface area contributed by atoms with Crippen LogP contribution in [-0.2, 0) is 11.2 Å². The molecular weight excluding hydrogens is 260 g/mol. The summed E-state index contributed by atoms with van der Waals surface area (Å²) in [5.41, 5.74) is 1.17. The van der Waals surface area contributed by atoms with E-state index >= 15 is 0 Å². The van der Waals surface area contributed by atoms with E-state index < -0.39 is 0 Å². The van der Waals surface area contributed by atoms with Gasteiger partial charge in [-0.3, -0.25) is 9.78 Å². The summed E-state index contributed by atoms with van der Waals surface area (Å²) in [5, 5.41) is 3.20. The molecule has 0 aliphatic rings. The van der Waals surface area contributed by atoms with Crippen LogP contribution in [0.4, 0.5) is 0 Å². The van der Waals surface area contributed by atoms with Crippen molar-refractivity contribution in [1.82, 2.24) is 10.3 Å². The number of carbonyl (C=O) groups excluding carboxylic acids is 1. The van der Waals surface area contributed by atoms with Crippen LogP contribution in [-0.4, -0.2) is 16.9 Å². The van der Waals surface area contributed by atoms with Crippen LogP contribution in [0.5, 0.6) is 0 Å². The number of nitrogens with zero attached hydrogens (tertiary/aromatic N) is 1. The van der Waals surface area contributed by atoms with Gasteiger partial charge in [-0.05, 0) is 35.8 Å². The second kappa shape index (κ2) is 7.06. The maximum absolute atomic E-state index is 12.2. The number of nitrogens with one attached hydrogen (secondary N) is 1. The Balaban J connectivity index is 2.62. The van der Waals surface area contributed by atoms with E-state index in [4.69, 9.17) is 0 Å².